The van der Waals surface area contributed by atoms with Crippen molar-refractivity contribution < 1.29 is 0 Å². The second-order valence-corrected chi connectivity index (χ2v) is 11.4. The Hall–Kier alpha value is -1.72. The van der Waals surface area contributed by atoms with Crippen LogP contribution < -0.4 is 10.2 Å². The number of nitrogens with zero attached hydrogens (tertiary/aromatic N) is 4. The van der Waals surface area contributed by atoms with Crippen molar-refractivity contribution in [1.82, 2.24) is 15.5 Å². The van der Waals surface area contributed by atoms with Crippen LogP contribution in [0.2, 0.25) is 5.02 Å². The second-order valence-electron chi connectivity index (χ2n) is 9.02. The Morgan fingerprint density at radius 1 is 1.17 bits per heavy atom. The lowest BCUT2D eigenvalue weighted by atomic mass is 9.79. The van der Waals surface area contributed by atoms with Gasteiger partial charge in [0.05, 0.1) is 21.5 Å². The van der Waals surface area contributed by atoms with E-state index in [0.717, 1.165) is 37.9 Å². The highest BCUT2D eigenvalue weighted by molar-refractivity contribution is 7.27. The zero-order valence-electron chi connectivity index (χ0n) is 17.2. The standard InChI is InChI=1S/C21H24ClN5S2/c1-20(2)9-13(10-21(3,4)26-20)27(5)19-25-24-18(29-19)17-16(22)14-8-12(11-23)6-7-15(14)28-17/h6-8,13,26H,9-10H2,1-5H3. The Morgan fingerprint density at radius 3 is 2.52 bits per heavy atom. The molecule has 2 aromatic heterocycles. The molecule has 1 aromatic carbocycles. The van der Waals surface area contributed by atoms with Gasteiger partial charge in [-0.05, 0) is 58.7 Å². The van der Waals surface area contributed by atoms with Crippen molar-refractivity contribution in [2.24, 2.45) is 0 Å². The Labute approximate surface area is 184 Å². The van der Waals surface area contributed by atoms with Crippen LogP contribution in [-0.2, 0) is 0 Å². The van der Waals surface area contributed by atoms with Crippen LogP contribution in [0.1, 0.15) is 46.1 Å². The first-order valence-corrected chi connectivity index (χ1v) is 11.6. The minimum Gasteiger partial charge on any atom is -0.347 e. The predicted molar refractivity (Wildman–Crippen MR) is 123 cm³/mol. The molecular weight excluding hydrogens is 422 g/mol. The lowest BCUT2D eigenvalue weighted by molar-refractivity contribution is 0.161. The number of halogens is 1. The van der Waals surface area contributed by atoms with E-state index in [0.29, 0.717) is 16.6 Å². The van der Waals surface area contributed by atoms with Crippen molar-refractivity contribution in [3.63, 3.8) is 0 Å². The molecular formula is C21H24ClN5S2. The molecule has 1 N–H and O–H groups in total. The average Bonchev–Trinajstić information content (AvgIpc) is 3.23. The topological polar surface area (TPSA) is 64.8 Å². The van der Waals surface area contributed by atoms with Gasteiger partial charge in [-0.3, -0.25) is 0 Å². The summed E-state index contributed by atoms with van der Waals surface area (Å²) in [4.78, 5) is 3.18. The van der Waals surface area contributed by atoms with Crippen LogP contribution in [0, 0.1) is 11.3 Å². The molecule has 1 saturated heterocycles. The number of aromatic nitrogens is 2. The zero-order valence-corrected chi connectivity index (χ0v) is 19.6. The van der Waals surface area contributed by atoms with E-state index >= 15 is 0 Å². The fraction of sp³-hybridized carbons (Fsp3) is 0.476. The Kier molecular flexibility index (Phi) is 5.11. The summed E-state index contributed by atoms with van der Waals surface area (Å²) in [5.74, 6) is 0. The third-order valence-electron chi connectivity index (χ3n) is 5.38. The average molecular weight is 446 g/mol. The van der Waals surface area contributed by atoms with Crippen molar-refractivity contribution in [2.75, 3.05) is 11.9 Å². The van der Waals surface area contributed by atoms with E-state index in [1.807, 2.05) is 18.2 Å². The van der Waals surface area contributed by atoms with E-state index in [1.165, 1.54) is 0 Å². The lowest BCUT2D eigenvalue weighted by Gasteiger charge is -2.48. The first kappa shape index (κ1) is 20.5. The number of hydrogen-bond donors (Lipinski definition) is 1. The highest BCUT2D eigenvalue weighted by atomic mass is 35.5. The summed E-state index contributed by atoms with van der Waals surface area (Å²) < 4.78 is 1.05. The number of thiophene rings is 1. The maximum atomic E-state index is 9.15. The fourth-order valence-corrected chi connectivity index (χ4v) is 6.93. The molecule has 0 unspecified atom stereocenters. The van der Waals surface area contributed by atoms with Gasteiger partial charge >= 0.3 is 0 Å². The number of anilines is 1. The number of piperidine rings is 1. The monoisotopic (exact) mass is 445 g/mol. The molecule has 0 saturated carbocycles. The third kappa shape index (κ3) is 3.99. The van der Waals surface area contributed by atoms with Gasteiger partial charge in [0.1, 0.15) is 0 Å². The van der Waals surface area contributed by atoms with Crippen LogP contribution >= 0.6 is 34.3 Å². The van der Waals surface area contributed by atoms with Gasteiger partial charge in [-0.1, -0.05) is 22.9 Å². The molecule has 0 amide bonds. The van der Waals surface area contributed by atoms with Gasteiger partial charge < -0.3 is 10.2 Å². The summed E-state index contributed by atoms with van der Waals surface area (Å²) >= 11 is 9.82. The first-order chi connectivity index (χ1) is 13.6. The van der Waals surface area contributed by atoms with Crippen molar-refractivity contribution in [2.45, 2.75) is 57.7 Å². The quantitative estimate of drug-likeness (QED) is 0.560. The molecule has 0 aliphatic carbocycles. The predicted octanol–water partition coefficient (Wildman–Crippen LogP) is 5.69. The van der Waals surface area contributed by atoms with E-state index in [9.17, 15) is 0 Å². The summed E-state index contributed by atoms with van der Waals surface area (Å²) in [7, 11) is 2.11. The molecule has 3 heterocycles. The van der Waals surface area contributed by atoms with Gasteiger partial charge in [0, 0.05) is 34.3 Å². The molecule has 1 fully saturated rings. The molecule has 1 aliphatic rings. The van der Waals surface area contributed by atoms with Gasteiger partial charge in [-0.2, -0.15) is 5.26 Å². The lowest BCUT2D eigenvalue weighted by Crippen LogP contribution is -2.61. The molecule has 29 heavy (non-hydrogen) atoms. The van der Waals surface area contributed by atoms with Gasteiger partial charge in [0.15, 0.2) is 5.01 Å². The van der Waals surface area contributed by atoms with E-state index in [1.54, 1.807) is 22.7 Å². The zero-order chi connectivity index (χ0) is 21.0. The van der Waals surface area contributed by atoms with Crippen molar-refractivity contribution in [3.05, 3.63) is 28.8 Å². The van der Waals surface area contributed by atoms with Crippen LogP contribution in [0.15, 0.2) is 18.2 Å². The maximum Gasteiger partial charge on any atom is 0.208 e. The highest BCUT2D eigenvalue weighted by Gasteiger charge is 2.39. The molecule has 1 aliphatic heterocycles. The first-order valence-electron chi connectivity index (χ1n) is 9.57. The number of fused-ring (bicyclic) bond motifs is 1. The molecule has 0 spiro atoms. The number of nitrogens with one attached hydrogen (secondary N) is 1. The minimum atomic E-state index is 0.0709. The summed E-state index contributed by atoms with van der Waals surface area (Å²) in [6, 6.07) is 8.16. The molecule has 0 atom stereocenters. The fourth-order valence-electron chi connectivity index (χ4n) is 4.42. The Bertz CT molecular complexity index is 1090. The van der Waals surface area contributed by atoms with Crippen LogP contribution in [0.25, 0.3) is 20.0 Å². The van der Waals surface area contributed by atoms with Crippen molar-refractivity contribution in [1.29, 1.82) is 5.26 Å². The molecule has 3 aromatic rings. The molecule has 0 radical (unpaired) electrons. The van der Waals surface area contributed by atoms with Crippen molar-refractivity contribution >= 4 is 49.5 Å². The molecule has 4 rings (SSSR count). The summed E-state index contributed by atoms with van der Waals surface area (Å²) in [5, 5.41) is 25.1. The second kappa shape index (κ2) is 7.21. The van der Waals surface area contributed by atoms with Gasteiger partial charge in [-0.25, -0.2) is 0 Å². The van der Waals surface area contributed by atoms with Gasteiger partial charge in [-0.15, -0.1) is 21.5 Å². The number of hydrogen-bond acceptors (Lipinski definition) is 7. The van der Waals surface area contributed by atoms with E-state index in [2.05, 4.69) is 61.2 Å². The largest absolute Gasteiger partial charge is 0.347 e. The van der Waals surface area contributed by atoms with Crippen LogP contribution in [-0.4, -0.2) is 34.4 Å². The molecule has 5 nitrogen and oxygen atoms in total. The molecule has 8 heteroatoms. The normalized spacial score (nSPS) is 18.7. The number of nitriles is 1. The summed E-state index contributed by atoms with van der Waals surface area (Å²) in [6.45, 7) is 9.03. The Balaban J connectivity index is 1.64. The third-order valence-corrected chi connectivity index (χ3v) is 8.23. The van der Waals surface area contributed by atoms with E-state index in [4.69, 9.17) is 16.9 Å². The van der Waals surface area contributed by atoms with Gasteiger partial charge in [0.2, 0.25) is 5.13 Å². The molecule has 152 valence electrons. The maximum absolute atomic E-state index is 9.15. The van der Waals surface area contributed by atoms with E-state index in [-0.39, 0.29) is 11.1 Å². The van der Waals surface area contributed by atoms with Crippen molar-refractivity contribution in [3.8, 4) is 16.0 Å². The SMILES string of the molecule is CN(c1nnc(-c2sc3ccc(C#N)cc3c2Cl)s1)C1CC(C)(C)NC(C)(C)C1. The van der Waals surface area contributed by atoms with Crippen LogP contribution in [0.4, 0.5) is 5.13 Å². The van der Waals surface area contributed by atoms with Crippen LogP contribution in [0.3, 0.4) is 0 Å². The highest BCUT2D eigenvalue weighted by Crippen LogP contribution is 2.44. The summed E-state index contributed by atoms with van der Waals surface area (Å²) in [6.07, 6.45) is 2.09. The number of benzene rings is 1. The Morgan fingerprint density at radius 2 is 1.86 bits per heavy atom. The number of rotatable bonds is 3. The summed E-state index contributed by atoms with van der Waals surface area (Å²) in [5.41, 5.74) is 0.751. The smallest absolute Gasteiger partial charge is 0.208 e. The van der Waals surface area contributed by atoms with E-state index < -0.39 is 0 Å². The minimum absolute atomic E-state index is 0.0709. The van der Waals surface area contributed by atoms with Crippen LogP contribution in [0.5, 0.6) is 0 Å². The molecule has 0 bridgehead atoms. The van der Waals surface area contributed by atoms with Gasteiger partial charge in [0.25, 0.3) is 0 Å².